The van der Waals surface area contributed by atoms with Gasteiger partial charge in [-0.15, -0.1) is 0 Å². The lowest BCUT2D eigenvalue weighted by Crippen LogP contribution is -2.33. The van der Waals surface area contributed by atoms with E-state index in [0.29, 0.717) is 23.7 Å². The second-order valence-corrected chi connectivity index (χ2v) is 6.75. The lowest BCUT2D eigenvalue weighted by Gasteiger charge is -2.25. The van der Waals surface area contributed by atoms with Gasteiger partial charge in [0.1, 0.15) is 0 Å². The van der Waals surface area contributed by atoms with Crippen molar-refractivity contribution in [3.63, 3.8) is 0 Å². The third-order valence-corrected chi connectivity index (χ3v) is 4.66. The van der Waals surface area contributed by atoms with Gasteiger partial charge in [-0.25, -0.2) is 0 Å². The molecule has 0 bridgehead atoms. The average molecular weight is 384 g/mol. The number of halogens is 1. The first-order chi connectivity index (χ1) is 11.2. The van der Waals surface area contributed by atoms with Gasteiger partial charge in [-0.1, -0.05) is 26.2 Å². The first-order valence-electron chi connectivity index (χ1n) is 8.47. The Balaban J connectivity index is 2.20. The van der Waals surface area contributed by atoms with Crippen LogP contribution in [0.5, 0.6) is 11.5 Å². The number of carbonyl (C=O) groups is 1. The molecule has 0 aromatic heterocycles. The predicted molar refractivity (Wildman–Crippen MR) is 95.5 cm³/mol. The lowest BCUT2D eigenvalue weighted by atomic mass is 10.1. The SMILES string of the molecule is CCCOc1c(Br)cc(C(=O)N2CCCCCCC2)cc1OC. The molecule has 1 fully saturated rings. The van der Waals surface area contributed by atoms with Crippen LogP contribution in [0.1, 0.15) is 55.8 Å². The number of nitrogens with zero attached hydrogens (tertiary/aromatic N) is 1. The first kappa shape index (κ1) is 18.1. The zero-order valence-corrected chi connectivity index (χ0v) is 15.7. The predicted octanol–water partition coefficient (Wildman–Crippen LogP) is 4.65. The van der Waals surface area contributed by atoms with Gasteiger partial charge in [-0.05, 0) is 47.3 Å². The Morgan fingerprint density at radius 3 is 2.43 bits per heavy atom. The van der Waals surface area contributed by atoms with E-state index in [9.17, 15) is 4.79 Å². The number of ether oxygens (including phenoxy) is 2. The summed E-state index contributed by atoms with van der Waals surface area (Å²) in [4.78, 5) is 14.8. The highest BCUT2D eigenvalue weighted by atomic mass is 79.9. The summed E-state index contributed by atoms with van der Waals surface area (Å²) in [5.41, 5.74) is 0.651. The summed E-state index contributed by atoms with van der Waals surface area (Å²) in [5, 5.41) is 0. The number of hydrogen-bond acceptors (Lipinski definition) is 3. The third kappa shape index (κ3) is 4.87. The van der Waals surface area contributed by atoms with E-state index in [2.05, 4.69) is 22.9 Å². The van der Waals surface area contributed by atoms with Crippen LogP contribution in [0.15, 0.2) is 16.6 Å². The molecule has 0 aliphatic carbocycles. The third-order valence-electron chi connectivity index (χ3n) is 4.07. The first-order valence-corrected chi connectivity index (χ1v) is 9.26. The van der Waals surface area contributed by atoms with E-state index in [1.54, 1.807) is 13.2 Å². The molecule has 0 unspecified atom stereocenters. The molecular weight excluding hydrogens is 358 g/mol. The molecule has 1 aromatic rings. The zero-order chi connectivity index (χ0) is 16.7. The van der Waals surface area contributed by atoms with Crippen LogP contribution in [-0.2, 0) is 0 Å². The Kier molecular flexibility index (Phi) is 7.21. The summed E-state index contributed by atoms with van der Waals surface area (Å²) < 4.78 is 11.9. The maximum atomic E-state index is 12.8. The van der Waals surface area contributed by atoms with E-state index >= 15 is 0 Å². The summed E-state index contributed by atoms with van der Waals surface area (Å²) in [5.74, 6) is 1.34. The van der Waals surface area contributed by atoms with E-state index in [4.69, 9.17) is 9.47 Å². The molecule has 4 nitrogen and oxygen atoms in total. The number of likely N-dealkylation sites (tertiary alicyclic amines) is 1. The minimum atomic E-state index is 0.0768. The van der Waals surface area contributed by atoms with Gasteiger partial charge >= 0.3 is 0 Å². The van der Waals surface area contributed by atoms with Crippen LogP contribution in [0.3, 0.4) is 0 Å². The smallest absolute Gasteiger partial charge is 0.254 e. The molecule has 0 radical (unpaired) electrons. The van der Waals surface area contributed by atoms with Gasteiger partial charge < -0.3 is 14.4 Å². The fourth-order valence-electron chi connectivity index (χ4n) is 2.82. The molecule has 1 heterocycles. The molecule has 0 saturated carbocycles. The van der Waals surface area contributed by atoms with E-state index in [0.717, 1.165) is 36.8 Å². The quantitative estimate of drug-likeness (QED) is 0.742. The van der Waals surface area contributed by atoms with Crippen molar-refractivity contribution in [1.29, 1.82) is 0 Å². The Bertz CT molecular complexity index is 525. The van der Waals surface area contributed by atoms with Gasteiger partial charge in [-0.3, -0.25) is 4.79 Å². The molecule has 0 atom stereocenters. The summed E-state index contributed by atoms with van der Waals surface area (Å²) in [6.07, 6.45) is 6.79. The van der Waals surface area contributed by atoms with Crippen LogP contribution >= 0.6 is 15.9 Å². The largest absolute Gasteiger partial charge is 0.493 e. The molecule has 1 aliphatic heterocycles. The molecular formula is C18H26BrNO3. The molecule has 0 N–H and O–H groups in total. The number of carbonyl (C=O) groups excluding carboxylic acids is 1. The van der Waals surface area contributed by atoms with E-state index < -0.39 is 0 Å². The van der Waals surface area contributed by atoms with Crippen molar-refractivity contribution in [2.75, 3.05) is 26.8 Å². The molecule has 1 aliphatic rings. The minimum absolute atomic E-state index is 0.0768. The number of rotatable bonds is 5. The van der Waals surface area contributed by atoms with Crippen LogP contribution in [0.25, 0.3) is 0 Å². The summed E-state index contributed by atoms with van der Waals surface area (Å²) in [6.45, 7) is 4.36. The summed E-state index contributed by atoms with van der Waals surface area (Å²) >= 11 is 3.51. The molecule has 0 spiro atoms. The van der Waals surface area contributed by atoms with Crippen LogP contribution in [0, 0.1) is 0 Å². The number of benzene rings is 1. The lowest BCUT2D eigenvalue weighted by molar-refractivity contribution is 0.0742. The standard InChI is InChI=1S/C18H26BrNO3/c1-3-11-23-17-15(19)12-14(13-16(17)22-2)18(21)20-9-7-5-4-6-8-10-20/h12-13H,3-11H2,1-2H3. The Morgan fingerprint density at radius 2 is 1.83 bits per heavy atom. The van der Waals surface area contributed by atoms with Gasteiger partial charge in [0.2, 0.25) is 0 Å². The average Bonchev–Trinajstić information content (AvgIpc) is 2.52. The topological polar surface area (TPSA) is 38.8 Å². The molecule has 1 amide bonds. The van der Waals surface area contributed by atoms with E-state index in [-0.39, 0.29) is 5.91 Å². The number of amides is 1. The van der Waals surface area contributed by atoms with Crippen molar-refractivity contribution in [2.24, 2.45) is 0 Å². The Labute approximate surface area is 147 Å². The fraction of sp³-hybridized carbons (Fsp3) is 0.611. The van der Waals surface area contributed by atoms with Crippen molar-refractivity contribution < 1.29 is 14.3 Å². The summed E-state index contributed by atoms with van der Waals surface area (Å²) in [6, 6.07) is 3.63. The van der Waals surface area contributed by atoms with Crippen molar-refractivity contribution in [3.05, 3.63) is 22.2 Å². The second kappa shape index (κ2) is 9.16. The van der Waals surface area contributed by atoms with Crippen molar-refractivity contribution in [1.82, 2.24) is 4.90 Å². The van der Waals surface area contributed by atoms with Crippen LogP contribution in [-0.4, -0.2) is 37.6 Å². The normalized spacial score (nSPS) is 15.7. The monoisotopic (exact) mass is 383 g/mol. The van der Waals surface area contributed by atoms with Gasteiger partial charge in [0.05, 0.1) is 18.2 Å². The van der Waals surface area contributed by atoms with Gasteiger partial charge in [0, 0.05) is 18.7 Å². The molecule has 1 aromatic carbocycles. The highest BCUT2D eigenvalue weighted by Crippen LogP contribution is 2.37. The van der Waals surface area contributed by atoms with Crippen LogP contribution in [0.4, 0.5) is 0 Å². The van der Waals surface area contributed by atoms with Crippen molar-refractivity contribution >= 4 is 21.8 Å². The Morgan fingerprint density at radius 1 is 1.17 bits per heavy atom. The molecule has 128 valence electrons. The van der Waals surface area contributed by atoms with E-state index in [1.165, 1.54) is 19.3 Å². The van der Waals surface area contributed by atoms with Gasteiger partial charge in [0.15, 0.2) is 11.5 Å². The molecule has 23 heavy (non-hydrogen) atoms. The highest BCUT2D eigenvalue weighted by molar-refractivity contribution is 9.10. The minimum Gasteiger partial charge on any atom is -0.493 e. The zero-order valence-electron chi connectivity index (χ0n) is 14.1. The molecule has 5 heteroatoms. The summed E-state index contributed by atoms with van der Waals surface area (Å²) in [7, 11) is 1.60. The second-order valence-electron chi connectivity index (χ2n) is 5.90. The fourth-order valence-corrected chi connectivity index (χ4v) is 3.38. The molecule has 2 rings (SSSR count). The maximum absolute atomic E-state index is 12.8. The van der Waals surface area contributed by atoms with E-state index in [1.807, 2.05) is 11.0 Å². The number of methoxy groups -OCH3 is 1. The number of hydrogen-bond donors (Lipinski definition) is 0. The maximum Gasteiger partial charge on any atom is 0.254 e. The van der Waals surface area contributed by atoms with Crippen LogP contribution in [0.2, 0.25) is 0 Å². The van der Waals surface area contributed by atoms with Crippen molar-refractivity contribution in [2.45, 2.75) is 45.4 Å². The highest BCUT2D eigenvalue weighted by Gasteiger charge is 2.20. The Hall–Kier alpha value is -1.23. The molecule has 1 saturated heterocycles. The van der Waals surface area contributed by atoms with Crippen LogP contribution < -0.4 is 9.47 Å². The van der Waals surface area contributed by atoms with Gasteiger partial charge in [-0.2, -0.15) is 0 Å². The van der Waals surface area contributed by atoms with Crippen molar-refractivity contribution in [3.8, 4) is 11.5 Å². The van der Waals surface area contributed by atoms with Gasteiger partial charge in [0.25, 0.3) is 5.91 Å².